The Morgan fingerprint density at radius 3 is 1.07 bits per heavy atom. The number of ether oxygens (including phenoxy) is 17. The molecule has 0 amide bonds. The molecule has 3 unspecified atom stereocenters. The first-order chi connectivity index (χ1) is 72.4. The second-order valence-corrected chi connectivity index (χ2v) is 38.6. The molecule has 3 N–H and O–H groups in total. The molecule has 9 heterocycles. The number of carboxylic acid groups (broad SMARTS) is 1. The lowest BCUT2D eigenvalue weighted by atomic mass is 9.93. The first-order valence-corrected chi connectivity index (χ1v) is 51.8. The molecule has 0 radical (unpaired) electrons. The Morgan fingerprint density at radius 2 is 0.687 bits per heavy atom. The van der Waals surface area contributed by atoms with Crippen LogP contribution < -0.4 is 37.9 Å². The van der Waals surface area contributed by atoms with Crippen molar-refractivity contribution in [2.24, 2.45) is 0 Å². The fourth-order valence-corrected chi connectivity index (χ4v) is 18.8. The van der Waals surface area contributed by atoms with Gasteiger partial charge in [0.15, 0.2) is 57.0 Å². The van der Waals surface area contributed by atoms with E-state index in [0.717, 1.165) is 237 Å². The van der Waals surface area contributed by atoms with Crippen LogP contribution in [0.15, 0.2) is 158 Å². The summed E-state index contributed by atoms with van der Waals surface area (Å²) in [5.41, 5.74) is 32.5. The molecular formula is C122H148ClN5O22. The lowest BCUT2D eigenvalue weighted by molar-refractivity contribution is -0.143. The molecule has 3 atom stereocenters. The highest BCUT2D eigenvalue weighted by molar-refractivity contribution is 6.30. The Labute approximate surface area is 888 Å². The number of esters is 1. The van der Waals surface area contributed by atoms with Crippen molar-refractivity contribution >= 4 is 29.3 Å². The van der Waals surface area contributed by atoms with Crippen LogP contribution in [-0.2, 0) is 97.5 Å². The van der Waals surface area contributed by atoms with Gasteiger partial charge >= 0.3 is 11.9 Å². The van der Waals surface area contributed by atoms with Crippen LogP contribution >= 0.6 is 11.6 Å². The highest BCUT2D eigenvalue weighted by atomic mass is 35.5. The number of aryl methyl sites for hydroxylation is 5. The van der Waals surface area contributed by atoms with Gasteiger partial charge in [0, 0.05) is 109 Å². The number of phenolic OH excluding ortho intramolecular Hbond substituents is 1. The van der Waals surface area contributed by atoms with Crippen LogP contribution in [0.5, 0.6) is 57.5 Å². The summed E-state index contributed by atoms with van der Waals surface area (Å²) in [7, 11) is 7.74. The highest BCUT2D eigenvalue weighted by Crippen LogP contribution is 2.42. The molecule has 0 spiro atoms. The molecule has 28 heteroatoms. The minimum Gasteiger partial charge on any atom is -0.508 e. The predicted octanol–water partition coefficient (Wildman–Crippen LogP) is 25.0. The van der Waals surface area contributed by atoms with Gasteiger partial charge in [-0.05, 0) is 394 Å². The summed E-state index contributed by atoms with van der Waals surface area (Å²) < 4.78 is 94.5. The molecule has 150 heavy (non-hydrogen) atoms. The maximum atomic E-state index is 11.4. The average Bonchev–Trinajstić information content (AvgIpc) is 0.809. The van der Waals surface area contributed by atoms with Crippen LogP contribution in [0.3, 0.4) is 0 Å². The third kappa shape index (κ3) is 32.2. The van der Waals surface area contributed by atoms with Gasteiger partial charge in [-0.1, -0.05) is 72.3 Å². The number of rotatable bonds is 38. The largest absolute Gasteiger partial charge is 0.508 e. The smallest absolute Gasteiger partial charge is 0.343 e. The zero-order valence-corrected chi connectivity index (χ0v) is 91.5. The molecule has 5 aromatic heterocycles. The number of aliphatic carboxylic acids is 1. The molecule has 3 fully saturated rings. The van der Waals surface area contributed by atoms with Crippen molar-refractivity contribution in [2.75, 3.05) is 102 Å². The third-order valence-corrected chi connectivity index (χ3v) is 28.1. The third-order valence-electron chi connectivity index (χ3n) is 27.8. The number of carboxylic acids is 1. The predicted molar refractivity (Wildman–Crippen MR) is 580 cm³/mol. The van der Waals surface area contributed by atoms with Gasteiger partial charge in [-0.15, -0.1) is 0 Å². The Hall–Kier alpha value is -13.2. The van der Waals surface area contributed by atoms with E-state index < -0.39 is 11.9 Å². The SMILES string of the molecule is COCOc1ccc(Cc2c(C)cc(O)c(C)c2C)nc1C1CCCCO1.COCOc1ccc(Cc2c(C)cc(OCC(=O)OC)c(C)c2C)nc1C1CCCCO1.COCOc1ccc(Cc2c(C)cc(OCc3ccccc3)c(C)c2C)nc1C1=CCCCO1.COCOc1ccc(Cc2c(C)cc(OCc3ccccc3)c(C)c2C)nc1Cl.Cc1cc(OCC(=O)O)c(C)c(C)c1Cc1ccc(O)c(C2CCCCO2)n1. The second-order valence-electron chi connectivity index (χ2n) is 38.2. The summed E-state index contributed by atoms with van der Waals surface area (Å²) in [6.07, 6.45) is 16.6. The average molecular weight is 2070 g/mol. The van der Waals surface area contributed by atoms with E-state index in [2.05, 4.69) is 108 Å². The first kappa shape index (κ1) is 115. The molecule has 0 saturated carbocycles. The molecule has 16 rings (SSSR count). The zero-order chi connectivity index (χ0) is 107. The zero-order valence-electron chi connectivity index (χ0n) is 90.8. The number of carbonyl (C=O) groups is 2. The lowest BCUT2D eigenvalue weighted by Crippen LogP contribution is -2.16. The number of benzene rings is 7. The molecule has 4 aliphatic rings. The fourth-order valence-electron chi connectivity index (χ4n) is 18.6. The van der Waals surface area contributed by atoms with Gasteiger partial charge < -0.3 is 95.8 Å². The number of hydrogen-bond acceptors (Lipinski definition) is 26. The Bertz CT molecular complexity index is 6540. The summed E-state index contributed by atoms with van der Waals surface area (Å²) in [5, 5.41) is 29.5. The van der Waals surface area contributed by atoms with Crippen molar-refractivity contribution in [3.05, 3.63) is 337 Å². The number of pyridine rings is 5. The van der Waals surface area contributed by atoms with Crippen LogP contribution in [0, 0.1) is 104 Å². The number of aromatic hydroxyl groups is 2. The summed E-state index contributed by atoms with van der Waals surface area (Å²) in [6.45, 7) is 35.1. The maximum Gasteiger partial charge on any atom is 0.343 e. The Balaban J connectivity index is 0.000000167. The van der Waals surface area contributed by atoms with E-state index in [0.29, 0.717) is 97.5 Å². The quantitative estimate of drug-likeness (QED) is 0.0184. The van der Waals surface area contributed by atoms with E-state index >= 15 is 0 Å². The Kier molecular flexibility index (Phi) is 44.4. The maximum absolute atomic E-state index is 11.4. The number of hydrogen-bond donors (Lipinski definition) is 3. The Morgan fingerprint density at radius 1 is 0.340 bits per heavy atom. The van der Waals surface area contributed by atoms with E-state index in [-0.39, 0.29) is 64.4 Å². The van der Waals surface area contributed by atoms with E-state index in [1.165, 1.54) is 51.6 Å². The second kappa shape index (κ2) is 57.7. The summed E-state index contributed by atoms with van der Waals surface area (Å²) in [6, 6.07) is 49.6. The van der Waals surface area contributed by atoms with Crippen LogP contribution in [0.1, 0.15) is 263 Å². The minimum absolute atomic E-state index is 0.0331. The van der Waals surface area contributed by atoms with Crippen LogP contribution in [0.4, 0.5) is 0 Å². The van der Waals surface area contributed by atoms with Gasteiger partial charge in [0.1, 0.15) is 106 Å². The van der Waals surface area contributed by atoms with Crippen LogP contribution in [-0.4, -0.2) is 155 Å². The van der Waals surface area contributed by atoms with Crippen molar-refractivity contribution in [3.63, 3.8) is 0 Å². The van der Waals surface area contributed by atoms with Gasteiger partial charge in [-0.2, -0.15) is 0 Å². The van der Waals surface area contributed by atoms with Crippen LogP contribution in [0.2, 0.25) is 5.15 Å². The number of halogens is 1. The van der Waals surface area contributed by atoms with Crippen molar-refractivity contribution < 1.29 is 105 Å². The molecular weight excluding hydrogens is 1920 g/mol. The van der Waals surface area contributed by atoms with E-state index in [1.807, 2.05) is 158 Å². The van der Waals surface area contributed by atoms with Gasteiger partial charge in [-0.3, -0.25) is 15.0 Å². The van der Waals surface area contributed by atoms with Gasteiger partial charge in [-0.25, -0.2) is 19.6 Å². The summed E-state index contributed by atoms with van der Waals surface area (Å²) in [5.74, 6) is 5.68. The molecule has 27 nitrogen and oxygen atoms in total. The number of nitrogens with zero attached hydrogens (tertiary/aromatic N) is 5. The van der Waals surface area contributed by atoms with Gasteiger partial charge in [0.05, 0.1) is 13.7 Å². The fraction of sp³-hybridized carbons (Fsp3) is 0.418. The topological polar surface area (TPSA) is 316 Å². The van der Waals surface area contributed by atoms with Crippen molar-refractivity contribution in [1.29, 1.82) is 0 Å². The van der Waals surface area contributed by atoms with E-state index in [4.69, 9.17) is 112 Å². The standard InChI is InChI=1S/C29H33NO4.C25H33NO6.C24H26ClNO3.C22H27NO5.C22H29NO4/c1-20-16-28(33-18-23-10-6-5-7-11-23)22(3)21(2)25(20)17-24-13-14-27(34-19-31-4)29(30-24)26-12-8-9-15-32-26;1-16-12-23(31-14-24(27)29-5)18(3)17(2)20(16)13-19-9-10-22(32-15-28-4)25(26-19)21-8-6-7-11-30-21;1-16-12-23(28-14-19-8-6-5-7-9-19)18(3)17(2)21(16)13-20-10-11-22(24(25)26-20)29-15-27-4;1-13-10-20(28-12-21(25)26)15(3)14(2)17(13)11-16-7-8-18(24)22(23-16)19-6-4-5-9-27-19;1-14-11-19(24)16(3)15(2)18(14)12-17-8-9-21(27-13-25-4)22(23-17)20-7-5-6-10-26-20/h5-7,10-14,16H,8-9,15,17-19H2,1-4H3;9-10,12,21H,6-8,11,13-15H2,1-5H3;5-12H,13-15H2,1-4H3;7-8,10,19,24H,4-6,9,11-12H2,1-3H3,(H,25,26);8-9,11,20,24H,5-7,10,12-13H2,1-4H3. The van der Waals surface area contributed by atoms with E-state index in [1.54, 1.807) is 34.5 Å². The first-order valence-electron chi connectivity index (χ1n) is 51.4. The molecule has 800 valence electrons. The van der Waals surface area contributed by atoms with Gasteiger partial charge in [0.25, 0.3) is 0 Å². The van der Waals surface area contributed by atoms with Crippen molar-refractivity contribution in [1.82, 2.24) is 24.9 Å². The molecule has 12 aromatic rings. The van der Waals surface area contributed by atoms with E-state index in [9.17, 15) is 19.8 Å². The minimum atomic E-state index is -0.996. The van der Waals surface area contributed by atoms with Crippen molar-refractivity contribution in [2.45, 2.75) is 238 Å². The monoisotopic (exact) mass is 2070 g/mol. The molecule has 3 saturated heterocycles. The highest BCUT2D eigenvalue weighted by Gasteiger charge is 2.29. The molecule has 4 aliphatic heterocycles. The van der Waals surface area contributed by atoms with Crippen molar-refractivity contribution in [3.8, 4) is 57.5 Å². The lowest BCUT2D eigenvalue weighted by Gasteiger charge is -2.24. The number of methoxy groups -OCH3 is 5. The molecule has 0 aliphatic carbocycles. The summed E-state index contributed by atoms with van der Waals surface area (Å²) >= 11 is 6.26. The molecule has 0 bridgehead atoms. The molecule has 7 aromatic carbocycles. The normalized spacial score (nSPS) is 14.7. The van der Waals surface area contributed by atoms with Crippen LogP contribution in [0.25, 0.3) is 5.76 Å². The number of phenols is 1. The number of allylic oxidation sites excluding steroid dienone is 1. The van der Waals surface area contributed by atoms with Gasteiger partial charge in [0.2, 0.25) is 0 Å². The summed E-state index contributed by atoms with van der Waals surface area (Å²) in [4.78, 5) is 46.2. The number of carbonyl (C=O) groups excluding carboxylic acids is 1. The number of aromatic nitrogens is 5.